The molecule has 1 aliphatic rings. The molecule has 0 radical (unpaired) electrons. The van der Waals surface area contributed by atoms with Gasteiger partial charge in [0.25, 0.3) is 0 Å². The predicted molar refractivity (Wildman–Crippen MR) is 141 cm³/mol. The second kappa shape index (κ2) is 9.58. The predicted octanol–water partition coefficient (Wildman–Crippen LogP) is 7.10. The smallest absolute Gasteiger partial charge is 0.294 e. The van der Waals surface area contributed by atoms with E-state index in [2.05, 4.69) is 36.2 Å². The van der Waals surface area contributed by atoms with Crippen molar-refractivity contribution in [1.82, 2.24) is 34.5 Å². The summed E-state index contributed by atoms with van der Waals surface area (Å²) in [6.07, 6.45) is -0.894. The number of rotatable bonds is 6. The minimum absolute atomic E-state index is 0.00908. The maximum absolute atomic E-state index is 14.1. The molecule has 0 bridgehead atoms. The van der Waals surface area contributed by atoms with Gasteiger partial charge in [0.05, 0.1) is 17.3 Å². The molecule has 6 rings (SSSR count). The van der Waals surface area contributed by atoms with E-state index in [4.69, 9.17) is 16.6 Å². The third-order valence-electron chi connectivity index (χ3n) is 6.74. The van der Waals surface area contributed by atoms with Crippen LogP contribution in [0.2, 0.25) is 5.02 Å². The van der Waals surface area contributed by atoms with Crippen LogP contribution >= 0.6 is 38.9 Å². The molecule has 3 aromatic heterocycles. The minimum atomic E-state index is -4.40. The minimum Gasteiger partial charge on any atom is -0.294 e. The first-order valence-corrected chi connectivity index (χ1v) is 13.6. The average molecular weight is 621 g/mol. The highest BCUT2D eigenvalue weighted by Crippen LogP contribution is 2.55. The molecule has 1 aliphatic carbocycles. The van der Waals surface area contributed by atoms with Gasteiger partial charge in [-0.05, 0) is 49.2 Å². The zero-order valence-electron chi connectivity index (χ0n) is 19.5. The molecule has 194 valence electrons. The van der Waals surface area contributed by atoms with E-state index in [1.807, 2.05) is 47.0 Å². The van der Waals surface area contributed by atoms with Crippen LogP contribution in [-0.4, -0.2) is 40.7 Å². The molecule has 7 nitrogen and oxygen atoms in total. The Balaban J connectivity index is 1.59. The number of aromatic nitrogens is 7. The second-order valence-corrected chi connectivity index (χ2v) is 11.3. The molecule has 0 N–H and O–H groups in total. The largest absolute Gasteiger partial charge is 0.400 e. The molecule has 0 aliphatic heterocycles. The molecule has 2 aromatic carbocycles. The highest BCUT2D eigenvalue weighted by Gasteiger charge is 2.61. The molecular weight excluding hydrogens is 603 g/mol. The van der Waals surface area contributed by atoms with E-state index in [0.29, 0.717) is 39.2 Å². The Hall–Kier alpha value is -3.09. The van der Waals surface area contributed by atoms with E-state index >= 15 is 0 Å². The number of imidazole rings is 1. The summed E-state index contributed by atoms with van der Waals surface area (Å²) in [7, 11) is 0. The molecule has 5 aromatic rings. The Morgan fingerprint density at radius 1 is 1.05 bits per heavy atom. The Morgan fingerprint density at radius 2 is 1.82 bits per heavy atom. The van der Waals surface area contributed by atoms with Crippen LogP contribution < -0.4 is 0 Å². The molecule has 13 heteroatoms. The first kappa shape index (κ1) is 25.2. The molecule has 0 atom stereocenters. The fraction of sp³-hybridized carbons (Fsp3) is 0.240. The van der Waals surface area contributed by atoms with Crippen molar-refractivity contribution in [2.24, 2.45) is 0 Å². The lowest BCUT2D eigenvalue weighted by atomic mass is 9.68. The van der Waals surface area contributed by atoms with Gasteiger partial charge < -0.3 is 0 Å². The summed E-state index contributed by atoms with van der Waals surface area (Å²) in [6, 6.07) is 14.9. The Morgan fingerprint density at radius 3 is 2.45 bits per heavy atom. The molecule has 1 saturated carbocycles. The second-order valence-electron chi connectivity index (χ2n) is 8.96. The van der Waals surface area contributed by atoms with Crippen LogP contribution in [0.25, 0.3) is 27.8 Å². The van der Waals surface area contributed by atoms with E-state index in [1.54, 1.807) is 17.1 Å². The van der Waals surface area contributed by atoms with E-state index in [0.717, 1.165) is 21.5 Å². The van der Waals surface area contributed by atoms with Gasteiger partial charge in [-0.1, -0.05) is 57.4 Å². The summed E-state index contributed by atoms with van der Waals surface area (Å²) in [5, 5.41) is 13.3. The zero-order valence-corrected chi connectivity index (χ0v) is 22.7. The number of hydrogen-bond donors (Lipinski definition) is 0. The molecule has 0 amide bonds. The zero-order chi connectivity index (χ0) is 26.5. The maximum Gasteiger partial charge on any atom is 0.400 e. The summed E-state index contributed by atoms with van der Waals surface area (Å²) < 4.78 is 46.6. The van der Waals surface area contributed by atoms with Crippen molar-refractivity contribution >= 4 is 38.9 Å². The summed E-state index contributed by atoms with van der Waals surface area (Å²) in [5.41, 5.74) is 0.574. The first-order valence-electron chi connectivity index (χ1n) is 11.6. The molecule has 38 heavy (non-hydrogen) atoms. The standard InChI is InChI=1S/C25H18BrClF3N7S/c26-15-6-8-16(9-7-15)37-19(12-36-14-31-13-32-36)20(33-21(37)17-4-1-2-5-18(17)27)22-34-35-23(38-22)24(10-3-11-24)25(28,29)30/h1-2,4-9,13-14H,3,10-12H2. The fourth-order valence-corrected chi connectivity index (χ4v) is 6.20. The van der Waals surface area contributed by atoms with Gasteiger partial charge in [-0.25, -0.2) is 14.6 Å². The van der Waals surface area contributed by atoms with E-state index in [9.17, 15) is 13.2 Å². The van der Waals surface area contributed by atoms with Gasteiger partial charge in [-0.2, -0.15) is 18.3 Å². The number of nitrogens with zero attached hydrogens (tertiary/aromatic N) is 7. The Labute approximate surface area is 232 Å². The number of halogens is 5. The van der Waals surface area contributed by atoms with Crippen LogP contribution in [0.15, 0.2) is 65.7 Å². The normalized spacial score (nSPS) is 15.0. The van der Waals surface area contributed by atoms with Gasteiger partial charge >= 0.3 is 6.18 Å². The van der Waals surface area contributed by atoms with Gasteiger partial charge in [0.2, 0.25) is 0 Å². The summed E-state index contributed by atoms with van der Waals surface area (Å²) in [4.78, 5) is 8.96. The Bertz CT molecular complexity index is 1590. The summed E-state index contributed by atoms with van der Waals surface area (Å²) >= 11 is 11.0. The lowest BCUT2D eigenvalue weighted by Crippen LogP contribution is -2.47. The molecule has 3 heterocycles. The van der Waals surface area contributed by atoms with Crippen molar-refractivity contribution in [1.29, 1.82) is 0 Å². The lowest BCUT2D eigenvalue weighted by Gasteiger charge is -2.40. The van der Waals surface area contributed by atoms with Crippen LogP contribution in [0.1, 0.15) is 30.0 Å². The first-order chi connectivity index (χ1) is 18.3. The van der Waals surface area contributed by atoms with Crippen LogP contribution in [0.4, 0.5) is 13.2 Å². The number of hydrogen-bond acceptors (Lipinski definition) is 6. The van der Waals surface area contributed by atoms with Crippen molar-refractivity contribution < 1.29 is 13.2 Å². The van der Waals surface area contributed by atoms with Crippen molar-refractivity contribution in [2.75, 3.05) is 0 Å². The van der Waals surface area contributed by atoms with Crippen molar-refractivity contribution in [3.63, 3.8) is 0 Å². The van der Waals surface area contributed by atoms with Crippen molar-refractivity contribution in [3.8, 4) is 27.8 Å². The van der Waals surface area contributed by atoms with Gasteiger partial charge in [0, 0.05) is 15.7 Å². The third kappa shape index (κ3) is 4.24. The van der Waals surface area contributed by atoms with Crippen LogP contribution in [-0.2, 0) is 12.0 Å². The van der Waals surface area contributed by atoms with Crippen molar-refractivity contribution in [2.45, 2.75) is 37.4 Å². The van der Waals surface area contributed by atoms with Crippen LogP contribution in [0.5, 0.6) is 0 Å². The lowest BCUT2D eigenvalue weighted by molar-refractivity contribution is -0.212. The summed E-state index contributed by atoms with van der Waals surface area (Å²) in [6.45, 7) is 0.238. The highest BCUT2D eigenvalue weighted by molar-refractivity contribution is 9.10. The van der Waals surface area contributed by atoms with Crippen LogP contribution in [0, 0.1) is 0 Å². The Kier molecular flexibility index (Phi) is 6.36. The maximum atomic E-state index is 14.1. The van der Waals surface area contributed by atoms with E-state index < -0.39 is 11.6 Å². The van der Waals surface area contributed by atoms with E-state index in [-0.39, 0.29) is 24.4 Å². The molecule has 1 fully saturated rings. The van der Waals surface area contributed by atoms with Gasteiger partial charge in [0.1, 0.15) is 34.6 Å². The topological polar surface area (TPSA) is 74.3 Å². The average Bonchev–Trinajstić information content (AvgIpc) is 3.60. The number of benzene rings is 2. The SMILES string of the molecule is FC(F)(F)C1(c2nnc(-c3nc(-c4ccccc4Cl)n(-c4ccc(Br)cc4)c3Cn3cncn3)s2)CCC1. The molecule has 0 saturated heterocycles. The highest BCUT2D eigenvalue weighted by atomic mass is 79.9. The molecule has 0 unspecified atom stereocenters. The molecule has 0 spiro atoms. The van der Waals surface area contributed by atoms with E-state index in [1.165, 1.54) is 6.33 Å². The van der Waals surface area contributed by atoms with Crippen molar-refractivity contribution in [3.05, 3.63) is 81.4 Å². The number of alkyl halides is 3. The van der Waals surface area contributed by atoms with Gasteiger partial charge in [-0.15, -0.1) is 10.2 Å². The van der Waals surface area contributed by atoms with Gasteiger partial charge in [-0.3, -0.25) is 4.57 Å². The third-order valence-corrected chi connectivity index (χ3v) is 8.73. The fourth-order valence-electron chi connectivity index (χ4n) is 4.59. The van der Waals surface area contributed by atoms with Gasteiger partial charge in [0.15, 0.2) is 5.01 Å². The molecular formula is C25H18BrClF3N7S. The van der Waals surface area contributed by atoms with Crippen LogP contribution in [0.3, 0.4) is 0 Å². The quantitative estimate of drug-likeness (QED) is 0.203. The monoisotopic (exact) mass is 619 g/mol. The summed E-state index contributed by atoms with van der Waals surface area (Å²) in [5.74, 6) is 0.522.